The average Bonchev–Trinajstić information content (AvgIpc) is 3.33. The molecule has 2 amide bonds. The lowest BCUT2D eigenvalue weighted by molar-refractivity contribution is -0.119. The second-order valence-corrected chi connectivity index (χ2v) is 7.63. The summed E-state index contributed by atoms with van der Waals surface area (Å²) >= 11 is 0. The minimum absolute atomic E-state index is 0.0178. The fraction of sp³-hybridized carbons (Fsp3) is 0.261. The molecule has 29 heavy (non-hydrogen) atoms. The van der Waals surface area contributed by atoms with Crippen molar-refractivity contribution in [3.05, 3.63) is 77.0 Å². The Morgan fingerprint density at radius 3 is 2.66 bits per heavy atom. The number of fused-ring (bicyclic) bond motifs is 2. The van der Waals surface area contributed by atoms with Gasteiger partial charge in [-0.15, -0.1) is 0 Å². The number of aryl methyl sites for hydroxylation is 2. The summed E-state index contributed by atoms with van der Waals surface area (Å²) in [6.45, 7) is 3.75. The molecule has 146 valence electrons. The highest BCUT2D eigenvalue weighted by Crippen LogP contribution is 2.29. The second kappa shape index (κ2) is 6.88. The second-order valence-electron chi connectivity index (χ2n) is 7.63. The van der Waals surface area contributed by atoms with E-state index in [1.54, 1.807) is 4.90 Å². The Balaban J connectivity index is 1.35. The van der Waals surface area contributed by atoms with Crippen LogP contribution in [0.25, 0.3) is 0 Å². The largest absolute Gasteiger partial charge is 0.308 e. The number of aromatic nitrogens is 2. The number of hydrogen-bond donors (Lipinski definition) is 0. The summed E-state index contributed by atoms with van der Waals surface area (Å²) < 4.78 is 1.89. The van der Waals surface area contributed by atoms with Gasteiger partial charge in [-0.3, -0.25) is 14.5 Å². The lowest BCUT2D eigenvalue weighted by atomic mass is 10.1. The van der Waals surface area contributed by atoms with Gasteiger partial charge in [0.2, 0.25) is 5.91 Å². The number of hydrogen-bond acceptors (Lipinski definition) is 3. The Kier molecular flexibility index (Phi) is 4.19. The van der Waals surface area contributed by atoms with E-state index in [2.05, 4.69) is 11.2 Å². The van der Waals surface area contributed by atoms with Gasteiger partial charge in [0, 0.05) is 30.3 Å². The summed E-state index contributed by atoms with van der Waals surface area (Å²) in [6.07, 6.45) is 1.35. The number of nitrogens with zero attached hydrogens (tertiary/aromatic N) is 4. The number of benzene rings is 2. The highest BCUT2D eigenvalue weighted by Gasteiger charge is 2.27. The number of carbonyl (C=O) groups is 2. The van der Waals surface area contributed by atoms with Crippen molar-refractivity contribution in [3.8, 4) is 0 Å². The molecule has 1 aromatic heterocycles. The highest BCUT2D eigenvalue weighted by molar-refractivity contribution is 6.07. The van der Waals surface area contributed by atoms with Crippen molar-refractivity contribution in [1.29, 1.82) is 0 Å². The quantitative estimate of drug-likeness (QED) is 0.694. The van der Waals surface area contributed by atoms with Gasteiger partial charge in [0.1, 0.15) is 5.82 Å². The van der Waals surface area contributed by atoms with Crippen molar-refractivity contribution in [3.63, 3.8) is 0 Å². The molecule has 3 heterocycles. The first-order valence-electron chi connectivity index (χ1n) is 9.94. The van der Waals surface area contributed by atoms with Crippen LogP contribution in [0.1, 0.15) is 33.6 Å². The molecule has 0 fully saturated rings. The third-order valence-corrected chi connectivity index (χ3v) is 5.67. The van der Waals surface area contributed by atoms with Gasteiger partial charge in [0.15, 0.2) is 0 Å². The van der Waals surface area contributed by atoms with Crippen molar-refractivity contribution >= 4 is 23.3 Å². The third kappa shape index (κ3) is 3.10. The summed E-state index contributed by atoms with van der Waals surface area (Å²) in [7, 11) is 0. The summed E-state index contributed by atoms with van der Waals surface area (Å²) in [5.74, 6) is 0.961. The molecular weight excluding hydrogens is 364 g/mol. The van der Waals surface area contributed by atoms with Crippen LogP contribution in [0.15, 0.2) is 54.6 Å². The molecule has 3 aromatic rings. The van der Waals surface area contributed by atoms with Gasteiger partial charge in [-0.25, -0.2) is 4.68 Å². The molecule has 0 N–H and O–H groups in total. The first-order valence-corrected chi connectivity index (χ1v) is 9.94. The molecule has 0 radical (unpaired) electrons. The molecule has 2 aliphatic rings. The minimum atomic E-state index is 0.0178. The van der Waals surface area contributed by atoms with Crippen LogP contribution in [0, 0.1) is 6.92 Å². The van der Waals surface area contributed by atoms with Crippen LogP contribution in [0.3, 0.4) is 0 Å². The van der Waals surface area contributed by atoms with Crippen molar-refractivity contribution in [2.45, 2.75) is 32.9 Å². The summed E-state index contributed by atoms with van der Waals surface area (Å²) in [5.41, 5.74) is 4.78. The van der Waals surface area contributed by atoms with Gasteiger partial charge in [-0.05, 0) is 42.7 Å². The zero-order valence-electron chi connectivity index (χ0n) is 16.3. The van der Waals surface area contributed by atoms with Crippen LogP contribution < -0.4 is 9.80 Å². The molecule has 2 aromatic carbocycles. The normalized spacial score (nSPS) is 15.4. The number of para-hydroxylation sites is 1. The van der Waals surface area contributed by atoms with E-state index in [-0.39, 0.29) is 11.8 Å². The molecular formula is C23H22N4O2. The summed E-state index contributed by atoms with van der Waals surface area (Å²) in [5, 5.41) is 4.45. The molecule has 0 atom stereocenters. The Morgan fingerprint density at radius 1 is 1.03 bits per heavy atom. The van der Waals surface area contributed by atoms with Gasteiger partial charge in [-0.2, -0.15) is 5.10 Å². The smallest absolute Gasteiger partial charge is 0.258 e. The number of anilines is 2. The van der Waals surface area contributed by atoms with Crippen molar-refractivity contribution in [1.82, 2.24) is 9.78 Å². The van der Waals surface area contributed by atoms with Gasteiger partial charge in [-0.1, -0.05) is 30.3 Å². The molecule has 0 spiro atoms. The van der Waals surface area contributed by atoms with Crippen LogP contribution in [0.2, 0.25) is 0 Å². The molecule has 6 heteroatoms. The molecule has 0 unspecified atom stereocenters. The van der Waals surface area contributed by atoms with Crippen LogP contribution in [0.4, 0.5) is 11.5 Å². The molecule has 0 saturated carbocycles. The Hall–Kier alpha value is -3.41. The molecule has 5 rings (SSSR count). The predicted octanol–water partition coefficient (Wildman–Crippen LogP) is 3.33. The van der Waals surface area contributed by atoms with E-state index >= 15 is 0 Å². The number of carbonyl (C=O) groups excluding carboxylic acids is 2. The van der Waals surface area contributed by atoms with E-state index in [1.165, 1.54) is 5.56 Å². The van der Waals surface area contributed by atoms with Crippen LogP contribution in [-0.4, -0.2) is 28.1 Å². The number of rotatable bonds is 3. The Labute approximate surface area is 169 Å². The van der Waals surface area contributed by atoms with Crippen molar-refractivity contribution < 1.29 is 9.59 Å². The topological polar surface area (TPSA) is 58.4 Å². The standard InChI is InChI=1S/C23H22N4O2/c1-16-14-21-26(22(28)11-13-27(21)24-16)15-17-6-8-19(9-7-17)23(29)25-12-10-18-4-2-3-5-20(18)25/h2-9,14H,10-13,15H2,1H3. The maximum absolute atomic E-state index is 13.0. The van der Waals surface area contributed by atoms with E-state index < -0.39 is 0 Å². The molecule has 0 bridgehead atoms. The summed E-state index contributed by atoms with van der Waals surface area (Å²) in [6, 6.07) is 17.6. The minimum Gasteiger partial charge on any atom is -0.308 e. The summed E-state index contributed by atoms with van der Waals surface area (Å²) in [4.78, 5) is 29.1. The lowest BCUT2D eigenvalue weighted by Crippen LogP contribution is -2.37. The van der Waals surface area contributed by atoms with Crippen LogP contribution in [-0.2, 0) is 24.3 Å². The van der Waals surface area contributed by atoms with E-state index in [1.807, 2.05) is 65.0 Å². The molecule has 6 nitrogen and oxygen atoms in total. The third-order valence-electron chi connectivity index (χ3n) is 5.67. The van der Waals surface area contributed by atoms with Gasteiger partial charge >= 0.3 is 0 Å². The average molecular weight is 386 g/mol. The monoisotopic (exact) mass is 386 g/mol. The van der Waals surface area contributed by atoms with E-state index in [0.717, 1.165) is 29.2 Å². The Bertz CT molecular complexity index is 1100. The maximum Gasteiger partial charge on any atom is 0.258 e. The zero-order chi connectivity index (χ0) is 20.0. The van der Waals surface area contributed by atoms with Gasteiger partial charge in [0.05, 0.1) is 18.8 Å². The molecule has 0 saturated heterocycles. The fourth-order valence-electron chi connectivity index (χ4n) is 4.19. The van der Waals surface area contributed by atoms with E-state index in [9.17, 15) is 9.59 Å². The van der Waals surface area contributed by atoms with E-state index in [0.29, 0.717) is 31.6 Å². The van der Waals surface area contributed by atoms with Crippen LogP contribution in [0.5, 0.6) is 0 Å². The first kappa shape index (κ1) is 17.7. The van der Waals surface area contributed by atoms with Crippen molar-refractivity contribution in [2.24, 2.45) is 0 Å². The SMILES string of the molecule is Cc1cc2n(n1)CCC(=O)N2Cc1ccc(C(=O)N2CCc3ccccc32)cc1. The molecule has 0 aliphatic carbocycles. The van der Waals surface area contributed by atoms with Crippen LogP contribution >= 0.6 is 0 Å². The molecule has 2 aliphatic heterocycles. The van der Waals surface area contributed by atoms with E-state index in [4.69, 9.17) is 0 Å². The maximum atomic E-state index is 13.0. The fourth-order valence-corrected chi connectivity index (χ4v) is 4.19. The van der Waals surface area contributed by atoms with Gasteiger partial charge < -0.3 is 4.90 Å². The highest BCUT2D eigenvalue weighted by atomic mass is 16.2. The first-order chi connectivity index (χ1) is 14.1. The predicted molar refractivity (Wildman–Crippen MR) is 111 cm³/mol. The lowest BCUT2D eigenvalue weighted by Gasteiger charge is -2.27. The number of amides is 2. The Morgan fingerprint density at radius 2 is 1.83 bits per heavy atom. The van der Waals surface area contributed by atoms with Gasteiger partial charge in [0.25, 0.3) is 5.91 Å². The van der Waals surface area contributed by atoms with Crippen molar-refractivity contribution in [2.75, 3.05) is 16.3 Å². The zero-order valence-corrected chi connectivity index (χ0v) is 16.3.